The summed E-state index contributed by atoms with van der Waals surface area (Å²) in [5, 5.41) is 3.21. The fourth-order valence-corrected chi connectivity index (χ4v) is 1.74. The van der Waals surface area contributed by atoms with E-state index in [1.54, 1.807) is 12.1 Å². The summed E-state index contributed by atoms with van der Waals surface area (Å²) in [6.45, 7) is 3.73. The van der Waals surface area contributed by atoms with E-state index in [0.717, 1.165) is 10.0 Å². The number of allylic oxidation sites excluding steroid dienone is 1. The van der Waals surface area contributed by atoms with Gasteiger partial charge >= 0.3 is 0 Å². The molecule has 0 saturated heterocycles. The normalized spacial score (nSPS) is 9.60. The van der Waals surface area contributed by atoms with Gasteiger partial charge in [-0.15, -0.1) is 0 Å². The van der Waals surface area contributed by atoms with E-state index in [9.17, 15) is 4.79 Å². The van der Waals surface area contributed by atoms with Crippen molar-refractivity contribution in [3.05, 3.63) is 39.3 Å². The van der Waals surface area contributed by atoms with Gasteiger partial charge in [0.05, 0.1) is 10.7 Å². The van der Waals surface area contributed by atoms with Crippen LogP contribution < -0.4 is 5.32 Å². The number of nitrogens with one attached hydrogen (secondary N) is 1. The van der Waals surface area contributed by atoms with Crippen molar-refractivity contribution in [2.45, 2.75) is 13.8 Å². The molecule has 0 aromatic heterocycles. The van der Waals surface area contributed by atoms with Crippen LogP contribution in [0.2, 0.25) is 5.02 Å². The van der Waals surface area contributed by atoms with Gasteiger partial charge in [0.2, 0.25) is 5.91 Å². The first-order valence-corrected chi connectivity index (χ1v) is 5.57. The molecule has 0 radical (unpaired) electrons. The molecule has 80 valence electrons. The zero-order valence-electron chi connectivity index (χ0n) is 8.47. The van der Waals surface area contributed by atoms with Gasteiger partial charge < -0.3 is 5.32 Å². The minimum Gasteiger partial charge on any atom is -0.321 e. The molecular weight excluding hydrogens is 277 g/mol. The maximum Gasteiger partial charge on any atom is 0.248 e. The SMILES string of the molecule is CC(C)=CC(=O)Nc1ccc(Br)cc1Cl. The average molecular weight is 289 g/mol. The zero-order chi connectivity index (χ0) is 11.4. The third-order valence-corrected chi connectivity index (χ3v) is 2.41. The van der Waals surface area contributed by atoms with Crippen molar-refractivity contribution in [1.82, 2.24) is 0 Å². The molecule has 0 fully saturated rings. The Morgan fingerprint density at radius 2 is 2.13 bits per heavy atom. The van der Waals surface area contributed by atoms with Gasteiger partial charge in [-0.1, -0.05) is 33.1 Å². The molecule has 2 nitrogen and oxygen atoms in total. The minimum absolute atomic E-state index is 0.167. The van der Waals surface area contributed by atoms with E-state index >= 15 is 0 Å². The van der Waals surface area contributed by atoms with Crippen molar-refractivity contribution in [3.63, 3.8) is 0 Å². The Kier molecular flexibility index (Phi) is 4.36. The molecule has 0 aliphatic heterocycles. The summed E-state index contributed by atoms with van der Waals surface area (Å²) < 4.78 is 0.882. The van der Waals surface area contributed by atoms with Crippen LogP contribution in [0.25, 0.3) is 0 Å². The Balaban J connectivity index is 2.82. The van der Waals surface area contributed by atoms with Gasteiger partial charge in [0.15, 0.2) is 0 Å². The van der Waals surface area contributed by atoms with E-state index in [1.165, 1.54) is 6.08 Å². The van der Waals surface area contributed by atoms with E-state index < -0.39 is 0 Å². The van der Waals surface area contributed by atoms with Crippen LogP contribution in [0.4, 0.5) is 5.69 Å². The molecule has 0 aliphatic rings. The van der Waals surface area contributed by atoms with Gasteiger partial charge in [-0.05, 0) is 32.0 Å². The average Bonchev–Trinajstić information content (AvgIpc) is 2.08. The van der Waals surface area contributed by atoms with Gasteiger partial charge in [-0.2, -0.15) is 0 Å². The number of carbonyl (C=O) groups is 1. The fraction of sp³-hybridized carbons (Fsp3) is 0.182. The summed E-state index contributed by atoms with van der Waals surface area (Å²) in [6.07, 6.45) is 1.53. The topological polar surface area (TPSA) is 29.1 Å². The number of hydrogen-bond donors (Lipinski definition) is 1. The van der Waals surface area contributed by atoms with Crippen molar-refractivity contribution in [2.75, 3.05) is 5.32 Å². The van der Waals surface area contributed by atoms with Crippen LogP contribution in [-0.4, -0.2) is 5.91 Å². The number of carbonyl (C=O) groups excluding carboxylic acids is 1. The van der Waals surface area contributed by atoms with Crippen LogP contribution in [0.5, 0.6) is 0 Å². The monoisotopic (exact) mass is 287 g/mol. The van der Waals surface area contributed by atoms with Gasteiger partial charge in [0, 0.05) is 10.5 Å². The molecule has 1 rings (SSSR count). The number of anilines is 1. The largest absolute Gasteiger partial charge is 0.321 e. The first kappa shape index (κ1) is 12.3. The molecule has 15 heavy (non-hydrogen) atoms. The standard InChI is InChI=1S/C11H11BrClNO/c1-7(2)5-11(15)14-10-4-3-8(12)6-9(10)13/h3-6H,1-2H3,(H,14,15). The summed E-state index contributed by atoms with van der Waals surface area (Å²) in [7, 11) is 0. The maximum absolute atomic E-state index is 11.4. The third kappa shape index (κ3) is 4.06. The number of hydrogen-bond acceptors (Lipinski definition) is 1. The zero-order valence-corrected chi connectivity index (χ0v) is 10.8. The van der Waals surface area contributed by atoms with E-state index in [2.05, 4.69) is 21.2 Å². The molecule has 0 bridgehead atoms. The van der Waals surface area contributed by atoms with Crippen LogP contribution in [0.1, 0.15) is 13.8 Å². The molecule has 4 heteroatoms. The molecule has 0 aliphatic carbocycles. The van der Waals surface area contributed by atoms with Crippen molar-refractivity contribution >= 4 is 39.1 Å². The molecule has 1 N–H and O–H groups in total. The molecule has 1 amide bonds. The second kappa shape index (κ2) is 5.33. The van der Waals surface area contributed by atoms with Gasteiger partial charge in [0.25, 0.3) is 0 Å². The smallest absolute Gasteiger partial charge is 0.248 e. The van der Waals surface area contributed by atoms with Crippen LogP contribution >= 0.6 is 27.5 Å². The number of benzene rings is 1. The molecule has 0 spiro atoms. The van der Waals surface area contributed by atoms with Crippen molar-refractivity contribution < 1.29 is 4.79 Å². The summed E-state index contributed by atoms with van der Waals surface area (Å²) >= 11 is 9.24. The minimum atomic E-state index is -0.167. The Hall–Kier alpha value is -0.800. The van der Waals surface area contributed by atoms with E-state index in [-0.39, 0.29) is 5.91 Å². The lowest BCUT2D eigenvalue weighted by atomic mass is 10.3. The maximum atomic E-state index is 11.4. The molecule has 1 aromatic carbocycles. The Bertz CT molecular complexity index is 411. The third-order valence-electron chi connectivity index (χ3n) is 1.61. The number of rotatable bonds is 2. The van der Waals surface area contributed by atoms with E-state index in [4.69, 9.17) is 11.6 Å². The van der Waals surface area contributed by atoms with E-state index in [0.29, 0.717) is 10.7 Å². The lowest BCUT2D eigenvalue weighted by Gasteiger charge is -2.05. The second-order valence-corrected chi connectivity index (χ2v) is 4.66. The Morgan fingerprint density at radius 1 is 1.47 bits per heavy atom. The van der Waals surface area contributed by atoms with Gasteiger partial charge in [-0.25, -0.2) is 0 Å². The predicted octanol–water partition coefficient (Wildman–Crippen LogP) is 4.01. The highest BCUT2D eigenvalue weighted by atomic mass is 79.9. The molecular formula is C11H11BrClNO. The van der Waals surface area contributed by atoms with Crippen LogP contribution in [0.15, 0.2) is 34.3 Å². The summed E-state index contributed by atoms with van der Waals surface area (Å²) in [5.41, 5.74) is 1.56. The quantitative estimate of drug-likeness (QED) is 0.819. The molecule has 0 atom stereocenters. The molecule has 0 unspecified atom stereocenters. The highest BCUT2D eigenvalue weighted by Gasteiger charge is 2.03. The van der Waals surface area contributed by atoms with Crippen LogP contribution in [0.3, 0.4) is 0 Å². The summed E-state index contributed by atoms with van der Waals surface area (Å²) in [6, 6.07) is 5.31. The molecule has 0 saturated carbocycles. The van der Waals surface area contributed by atoms with Crippen LogP contribution in [-0.2, 0) is 4.79 Å². The lowest BCUT2D eigenvalue weighted by Crippen LogP contribution is -2.08. The molecule has 1 aromatic rings. The first-order valence-electron chi connectivity index (χ1n) is 4.40. The van der Waals surface area contributed by atoms with Crippen molar-refractivity contribution in [1.29, 1.82) is 0 Å². The lowest BCUT2D eigenvalue weighted by molar-refractivity contribution is -0.111. The fourth-order valence-electron chi connectivity index (χ4n) is 1.02. The first-order chi connectivity index (χ1) is 6.99. The highest BCUT2D eigenvalue weighted by Crippen LogP contribution is 2.25. The Morgan fingerprint density at radius 3 is 2.67 bits per heavy atom. The Labute approximate surface area is 102 Å². The summed E-state index contributed by atoms with van der Waals surface area (Å²) in [4.78, 5) is 11.4. The van der Waals surface area contributed by atoms with Crippen molar-refractivity contribution in [3.8, 4) is 0 Å². The van der Waals surface area contributed by atoms with Crippen LogP contribution in [0, 0.1) is 0 Å². The number of amides is 1. The number of halogens is 2. The van der Waals surface area contributed by atoms with Gasteiger partial charge in [0.1, 0.15) is 0 Å². The van der Waals surface area contributed by atoms with E-state index in [1.807, 2.05) is 19.9 Å². The van der Waals surface area contributed by atoms with Gasteiger partial charge in [-0.3, -0.25) is 4.79 Å². The van der Waals surface area contributed by atoms with Crippen molar-refractivity contribution in [2.24, 2.45) is 0 Å². The predicted molar refractivity (Wildman–Crippen MR) is 67.2 cm³/mol. The highest BCUT2D eigenvalue weighted by molar-refractivity contribution is 9.10. The molecule has 0 heterocycles. The summed E-state index contributed by atoms with van der Waals surface area (Å²) in [5.74, 6) is -0.167. The second-order valence-electron chi connectivity index (χ2n) is 3.34.